The van der Waals surface area contributed by atoms with Gasteiger partial charge in [0.25, 0.3) is 0 Å². The molecule has 0 atom stereocenters. The Morgan fingerprint density at radius 3 is 2.38 bits per heavy atom. The molecule has 0 aliphatic rings. The average molecular weight is 221 g/mol. The maximum absolute atomic E-state index is 5.78. The largest absolute Gasteiger partial charge is 0.496 e. The minimum atomic E-state index is 0.119. The number of ether oxygens (including phenoxy) is 1. The van der Waals surface area contributed by atoms with Crippen molar-refractivity contribution in [1.29, 1.82) is 0 Å². The highest BCUT2D eigenvalue weighted by molar-refractivity contribution is 5.44. The molecule has 0 aliphatic carbocycles. The smallest absolute Gasteiger partial charge is 0.124 e. The normalized spacial score (nSPS) is 11.6. The number of methoxy groups -OCH3 is 1. The molecule has 0 aliphatic heterocycles. The van der Waals surface area contributed by atoms with E-state index in [2.05, 4.69) is 39.8 Å². The lowest BCUT2D eigenvalue weighted by atomic mass is 9.84. The van der Waals surface area contributed by atoms with E-state index in [1.54, 1.807) is 7.11 Å². The molecule has 0 bridgehead atoms. The van der Waals surface area contributed by atoms with Crippen LogP contribution in [0.15, 0.2) is 12.1 Å². The molecule has 0 fully saturated rings. The summed E-state index contributed by atoms with van der Waals surface area (Å²) in [7, 11) is 1.73. The summed E-state index contributed by atoms with van der Waals surface area (Å²) >= 11 is 0. The van der Waals surface area contributed by atoms with E-state index in [-0.39, 0.29) is 5.41 Å². The van der Waals surface area contributed by atoms with Crippen molar-refractivity contribution in [2.45, 2.75) is 34.1 Å². The Labute approximate surface area is 98.8 Å². The zero-order chi connectivity index (χ0) is 12.3. The second kappa shape index (κ2) is 4.88. The molecule has 2 nitrogen and oxygen atoms in total. The van der Waals surface area contributed by atoms with Crippen LogP contribution in [0.25, 0.3) is 0 Å². The number of aryl methyl sites for hydroxylation is 2. The second-order valence-corrected chi connectivity index (χ2v) is 5.32. The maximum Gasteiger partial charge on any atom is 0.124 e. The van der Waals surface area contributed by atoms with Gasteiger partial charge in [-0.3, -0.25) is 0 Å². The van der Waals surface area contributed by atoms with Gasteiger partial charge in [0, 0.05) is 0 Å². The maximum atomic E-state index is 5.78. The van der Waals surface area contributed by atoms with Crippen molar-refractivity contribution >= 4 is 0 Å². The summed E-state index contributed by atoms with van der Waals surface area (Å²) in [4.78, 5) is 0. The van der Waals surface area contributed by atoms with E-state index in [0.717, 1.165) is 12.2 Å². The minimum absolute atomic E-state index is 0.119. The zero-order valence-electron chi connectivity index (χ0n) is 11.1. The van der Waals surface area contributed by atoms with Crippen molar-refractivity contribution in [1.82, 2.24) is 0 Å². The third-order valence-electron chi connectivity index (χ3n) is 2.92. The first-order chi connectivity index (χ1) is 7.39. The van der Waals surface area contributed by atoms with Crippen molar-refractivity contribution in [3.63, 3.8) is 0 Å². The molecule has 2 N–H and O–H groups in total. The van der Waals surface area contributed by atoms with Gasteiger partial charge in [0.05, 0.1) is 7.11 Å². The van der Waals surface area contributed by atoms with Crippen molar-refractivity contribution in [3.05, 3.63) is 28.8 Å². The molecular weight excluding hydrogens is 198 g/mol. The third-order valence-corrected chi connectivity index (χ3v) is 2.92. The Morgan fingerprint density at radius 1 is 1.25 bits per heavy atom. The minimum Gasteiger partial charge on any atom is -0.496 e. The van der Waals surface area contributed by atoms with E-state index in [4.69, 9.17) is 10.5 Å². The molecule has 1 aromatic carbocycles. The monoisotopic (exact) mass is 221 g/mol. The first-order valence-electron chi connectivity index (χ1n) is 5.74. The van der Waals surface area contributed by atoms with Crippen LogP contribution in [0, 0.1) is 19.3 Å². The molecule has 0 spiro atoms. The molecule has 90 valence electrons. The van der Waals surface area contributed by atoms with E-state index in [9.17, 15) is 0 Å². The highest BCUT2D eigenvalue weighted by atomic mass is 16.5. The first kappa shape index (κ1) is 13.0. The van der Waals surface area contributed by atoms with Crippen molar-refractivity contribution in [2.75, 3.05) is 13.7 Å². The predicted molar refractivity (Wildman–Crippen MR) is 69.0 cm³/mol. The van der Waals surface area contributed by atoms with Gasteiger partial charge in [0.2, 0.25) is 0 Å². The van der Waals surface area contributed by atoms with E-state index in [1.807, 2.05) is 0 Å². The standard InChI is InChI=1S/C14H23NO/c1-10-6-11(2)13(16-5)12(7-10)8-14(3,4)9-15/h6-7H,8-9,15H2,1-5H3. The topological polar surface area (TPSA) is 35.2 Å². The van der Waals surface area contributed by atoms with Gasteiger partial charge >= 0.3 is 0 Å². The quantitative estimate of drug-likeness (QED) is 0.848. The number of benzene rings is 1. The lowest BCUT2D eigenvalue weighted by Gasteiger charge is -2.24. The molecule has 16 heavy (non-hydrogen) atoms. The summed E-state index contributed by atoms with van der Waals surface area (Å²) in [5.74, 6) is 1.01. The van der Waals surface area contributed by atoms with Crippen LogP contribution in [-0.2, 0) is 6.42 Å². The fourth-order valence-electron chi connectivity index (χ4n) is 2.05. The van der Waals surface area contributed by atoms with E-state index in [1.165, 1.54) is 16.7 Å². The summed E-state index contributed by atoms with van der Waals surface area (Å²) in [6, 6.07) is 4.35. The van der Waals surface area contributed by atoms with Crippen LogP contribution in [0.3, 0.4) is 0 Å². The fraction of sp³-hybridized carbons (Fsp3) is 0.571. The molecule has 0 saturated heterocycles. The summed E-state index contributed by atoms with van der Waals surface area (Å²) in [5.41, 5.74) is 9.64. The van der Waals surface area contributed by atoms with E-state index < -0.39 is 0 Å². The van der Waals surface area contributed by atoms with Crippen LogP contribution < -0.4 is 10.5 Å². The van der Waals surface area contributed by atoms with Gasteiger partial charge in [-0.15, -0.1) is 0 Å². The Morgan fingerprint density at radius 2 is 1.88 bits per heavy atom. The predicted octanol–water partition coefficient (Wildman–Crippen LogP) is 2.84. The number of hydrogen-bond donors (Lipinski definition) is 1. The first-order valence-corrected chi connectivity index (χ1v) is 5.74. The summed E-state index contributed by atoms with van der Waals surface area (Å²) in [5, 5.41) is 0. The zero-order valence-corrected chi connectivity index (χ0v) is 11.1. The van der Waals surface area contributed by atoms with Crippen LogP contribution in [0.1, 0.15) is 30.5 Å². The van der Waals surface area contributed by atoms with Crippen LogP contribution in [0.4, 0.5) is 0 Å². The van der Waals surface area contributed by atoms with Crippen molar-refractivity contribution in [2.24, 2.45) is 11.1 Å². The van der Waals surface area contributed by atoms with Gasteiger partial charge in [-0.1, -0.05) is 31.5 Å². The highest BCUT2D eigenvalue weighted by Gasteiger charge is 2.19. The van der Waals surface area contributed by atoms with Crippen LogP contribution >= 0.6 is 0 Å². The van der Waals surface area contributed by atoms with Crippen molar-refractivity contribution in [3.8, 4) is 5.75 Å². The van der Waals surface area contributed by atoms with Gasteiger partial charge in [-0.25, -0.2) is 0 Å². The lowest BCUT2D eigenvalue weighted by Crippen LogP contribution is -2.26. The van der Waals surface area contributed by atoms with Gasteiger partial charge in [-0.2, -0.15) is 0 Å². The number of hydrogen-bond acceptors (Lipinski definition) is 2. The molecule has 0 heterocycles. The molecule has 1 rings (SSSR count). The van der Waals surface area contributed by atoms with Crippen LogP contribution in [-0.4, -0.2) is 13.7 Å². The molecule has 1 aromatic rings. The summed E-state index contributed by atoms with van der Waals surface area (Å²) in [6.45, 7) is 9.26. The van der Waals surface area contributed by atoms with Crippen LogP contribution in [0.2, 0.25) is 0 Å². The Kier molecular flexibility index (Phi) is 3.98. The van der Waals surface area contributed by atoms with Gasteiger partial charge in [0.1, 0.15) is 5.75 Å². The fourth-order valence-corrected chi connectivity index (χ4v) is 2.05. The Bertz CT molecular complexity index is 369. The van der Waals surface area contributed by atoms with E-state index >= 15 is 0 Å². The Hall–Kier alpha value is -1.02. The molecule has 0 amide bonds. The second-order valence-electron chi connectivity index (χ2n) is 5.32. The Balaban J connectivity index is 3.12. The molecule has 0 unspecified atom stereocenters. The molecule has 0 radical (unpaired) electrons. The highest BCUT2D eigenvalue weighted by Crippen LogP contribution is 2.30. The van der Waals surface area contributed by atoms with Gasteiger partial charge in [-0.05, 0) is 43.4 Å². The average Bonchev–Trinajstić information content (AvgIpc) is 2.16. The summed E-state index contributed by atoms with van der Waals surface area (Å²) in [6.07, 6.45) is 0.954. The SMILES string of the molecule is COc1c(C)cc(C)cc1CC(C)(C)CN. The molecule has 2 heteroatoms. The van der Waals surface area contributed by atoms with Crippen molar-refractivity contribution < 1.29 is 4.74 Å². The summed E-state index contributed by atoms with van der Waals surface area (Å²) < 4.78 is 5.48. The molecular formula is C14H23NO. The molecule has 0 saturated carbocycles. The van der Waals surface area contributed by atoms with E-state index in [0.29, 0.717) is 6.54 Å². The van der Waals surface area contributed by atoms with Crippen LogP contribution in [0.5, 0.6) is 5.75 Å². The third kappa shape index (κ3) is 2.99. The van der Waals surface area contributed by atoms with Gasteiger partial charge in [0.15, 0.2) is 0 Å². The number of rotatable bonds is 4. The number of nitrogens with two attached hydrogens (primary N) is 1. The van der Waals surface area contributed by atoms with Gasteiger partial charge < -0.3 is 10.5 Å². The molecule has 0 aromatic heterocycles. The lowest BCUT2D eigenvalue weighted by molar-refractivity contribution is 0.358.